The Morgan fingerprint density at radius 2 is 2.09 bits per heavy atom. The van der Waals surface area contributed by atoms with E-state index in [1.165, 1.54) is 17.6 Å². The minimum Gasteiger partial charge on any atom is -0.368 e. The van der Waals surface area contributed by atoms with Gasteiger partial charge in [-0.1, -0.05) is 22.2 Å². The molecule has 0 spiro atoms. The fraction of sp³-hybridized carbons (Fsp3) is 0.357. The Bertz CT molecular complexity index is 705. The summed E-state index contributed by atoms with van der Waals surface area (Å²) in [6.07, 6.45) is 0. The number of halogens is 2. The first-order valence-electron chi connectivity index (χ1n) is 6.81. The molecule has 1 aliphatic heterocycles. The summed E-state index contributed by atoms with van der Waals surface area (Å²) in [5, 5.41) is 13.1. The molecule has 0 radical (unpaired) electrons. The van der Waals surface area contributed by atoms with Crippen molar-refractivity contribution in [1.29, 1.82) is 5.26 Å². The zero-order valence-corrected chi connectivity index (χ0v) is 13.2. The summed E-state index contributed by atoms with van der Waals surface area (Å²) in [5.74, 6) is -0.470. The summed E-state index contributed by atoms with van der Waals surface area (Å²) >= 11 is 7.21. The summed E-state index contributed by atoms with van der Waals surface area (Å²) in [4.78, 5) is 4.27. The van der Waals surface area contributed by atoms with Crippen molar-refractivity contribution in [2.75, 3.05) is 31.1 Å². The van der Waals surface area contributed by atoms with Crippen LogP contribution in [0.5, 0.6) is 0 Å². The Kier molecular flexibility index (Phi) is 4.52. The molecule has 0 amide bonds. The molecular weight excluding hydrogens is 325 g/mol. The second kappa shape index (κ2) is 6.57. The zero-order chi connectivity index (χ0) is 15.5. The van der Waals surface area contributed by atoms with E-state index in [-0.39, 0.29) is 5.56 Å². The molecule has 0 unspecified atom stereocenters. The number of aromatic nitrogens is 2. The molecule has 2 aromatic rings. The average molecular weight is 338 g/mol. The highest BCUT2D eigenvalue weighted by molar-refractivity contribution is 7.10. The molecule has 5 nitrogen and oxygen atoms in total. The van der Waals surface area contributed by atoms with Crippen LogP contribution in [0.3, 0.4) is 0 Å². The molecule has 114 valence electrons. The fourth-order valence-corrected chi connectivity index (χ4v) is 3.15. The van der Waals surface area contributed by atoms with Crippen molar-refractivity contribution in [2.45, 2.75) is 6.54 Å². The van der Waals surface area contributed by atoms with E-state index in [2.05, 4.69) is 14.5 Å². The molecule has 0 atom stereocenters. The molecule has 1 aromatic heterocycles. The zero-order valence-electron chi connectivity index (χ0n) is 11.7. The third-order valence-electron chi connectivity index (χ3n) is 3.70. The Labute approximate surface area is 136 Å². The van der Waals surface area contributed by atoms with Crippen molar-refractivity contribution in [3.8, 4) is 6.07 Å². The van der Waals surface area contributed by atoms with Gasteiger partial charge in [0.25, 0.3) is 0 Å². The van der Waals surface area contributed by atoms with Crippen molar-refractivity contribution >= 4 is 28.8 Å². The van der Waals surface area contributed by atoms with Gasteiger partial charge in [-0.15, -0.1) is 5.10 Å². The minimum atomic E-state index is -0.470. The van der Waals surface area contributed by atoms with Gasteiger partial charge in [0.05, 0.1) is 5.69 Å². The van der Waals surface area contributed by atoms with Crippen molar-refractivity contribution in [1.82, 2.24) is 14.5 Å². The van der Waals surface area contributed by atoms with E-state index in [1.807, 2.05) is 11.0 Å². The third-order valence-corrected chi connectivity index (χ3v) is 4.68. The van der Waals surface area contributed by atoms with Gasteiger partial charge in [0.1, 0.15) is 27.5 Å². The lowest BCUT2D eigenvalue weighted by Gasteiger charge is -2.36. The Hall–Kier alpha value is -1.75. The molecule has 22 heavy (non-hydrogen) atoms. The van der Waals surface area contributed by atoms with Gasteiger partial charge in [0.15, 0.2) is 0 Å². The predicted molar refractivity (Wildman–Crippen MR) is 83.5 cm³/mol. The lowest BCUT2D eigenvalue weighted by Crippen LogP contribution is -2.46. The molecule has 1 fully saturated rings. The van der Waals surface area contributed by atoms with Crippen LogP contribution in [0.2, 0.25) is 4.34 Å². The standard InChI is InChI=1S/C14H13ClFN5S/c15-14-12(18-19-22-14)9-20-4-6-21(7-5-20)13-3-1-2-11(16)10(13)8-17/h1-3H,4-7,9H2. The molecule has 0 N–H and O–H groups in total. The van der Waals surface area contributed by atoms with Crippen LogP contribution in [0.25, 0.3) is 0 Å². The van der Waals surface area contributed by atoms with Crippen molar-refractivity contribution in [3.05, 3.63) is 39.6 Å². The number of nitrogens with zero attached hydrogens (tertiary/aromatic N) is 5. The van der Waals surface area contributed by atoms with Crippen LogP contribution in [-0.2, 0) is 6.54 Å². The largest absolute Gasteiger partial charge is 0.368 e. The van der Waals surface area contributed by atoms with Gasteiger partial charge in [0.2, 0.25) is 0 Å². The first-order valence-corrected chi connectivity index (χ1v) is 7.97. The predicted octanol–water partition coefficient (Wildman–Crippen LogP) is 2.52. The summed E-state index contributed by atoms with van der Waals surface area (Å²) in [5.41, 5.74) is 1.57. The van der Waals surface area contributed by atoms with E-state index in [4.69, 9.17) is 16.9 Å². The molecule has 1 aromatic carbocycles. The van der Waals surface area contributed by atoms with E-state index >= 15 is 0 Å². The molecule has 3 rings (SSSR count). The molecule has 1 aliphatic rings. The van der Waals surface area contributed by atoms with Crippen molar-refractivity contribution in [2.24, 2.45) is 0 Å². The van der Waals surface area contributed by atoms with Gasteiger partial charge in [-0.25, -0.2) is 4.39 Å². The van der Waals surface area contributed by atoms with Gasteiger partial charge >= 0.3 is 0 Å². The van der Waals surface area contributed by atoms with Gasteiger partial charge in [-0.05, 0) is 12.1 Å². The maximum atomic E-state index is 13.7. The Balaban J connectivity index is 1.66. The molecule has 0 saturated carbocycles. The number of hydrogen-bond acceptors (Lipinski definition) is 6. The van der Waals surface area contributed by atoms with Crippen molar-refractivity contribution < 1.29 is 4.39 Å². The van der Waals surface area contributed by atoms with E-state index in [9.17, 15) is 4.39 Å². The second-order valence-corrected chi connectivity index (χ2v) is 6.36. The Morgan fingerprint density at radius 1 is 1.32 bits per heavy atom. The average Bonchev–Trinajstić information content (AvgIpc) is 2.93. The number of hydrogen-bond donors (Lipinski definition) is 0. The van der Waals surface area contributed by atoms with E-state index in [1.54, 1.807) is 12.1 Å². The summed E-state index contributed by atoms with van der Waals surface area (Å²) in [6, 6.07) is 6.69. The fourth-order valence-electron chi connectivity index (χ4n) is 2.54. The SMILES string of the molecule is N#Cc1c(F)cccc1N1CCN(Cc2nnsc2Cl)CC1. The quantitative estimate of drug-likeness (QED) is 0.861. The van der Waals surface area contributed by atoms with Crippen molar-refractivity contribution in [3.63, 3.8) is 0 Å². The third kappa shape index (κ3) is 3.04. The van der Waals surface area contributed by atoms with Crippen LogP contribution in [-0.4, -0.2) is 40.7 Å². The number of anilines is 1. The van der Waals surface area contributed by atoms with Crippen LogP contribution in [0, 0.1) is 17.1 Å². The van der Waals surface area contributed by atoms with Crippen LogP contribution < -0.4 is 4.90 Å². The first kappa shape index (κ1) is 15.2. The van der Waals surface area contributed by atoms with E-state index in [0.29, 0.717) is 16.6 Å². The number of benzene rings is 1. The molecule has 8 heteroatoms. The van der Waals surface area contributed by atoms with Crippen LogP contribution >= 0.6 is 23.1 Å². The topological polar surface area (TPSA) is 56.1 Å². The first-order chi connectivity index (χ1) is 10.7. The normalized spacial score (nSPS) is 15.8. The summed E-state index contributed by atoms with van der Waals surface area (Å²) in [7, 11) is 0. The summed E-state index contributed by atoms with van der Waals surface area (Å²) < 4.78 is 18.1. The van der Waals surface area contributed by atoms with E-state index < -0.39 is 5.82 Å². The Morgan fingerprint density at radius 3 is 2.73 bits per heavy atom. The van der Waals surface area contributed by atoms with Gasteiger partial charge in [-0.2, -0.15) is 5.26 Å². The number of piperazine rings is 1. The van der Waals surface area contributed by atoms with Crippen LogP contribution in [0.1, 0.15) is 11.3 Å². The second-order valence-electron chi connectivity index (χ2n) is 5.00. The molecule has 1 saturated heterocycles. The minimum absolute atomic E-state index is 0.114. The summed E-state index contributed by atoms with van der Waals surface area (Å²) in [6.45, 7) is 3.72. The molecular formula is C14H13ClFN5S. The monoisotopic (exact) mass is 337 g/mol. The van der Waals surface area contributed by atoms with Gasteiger partial charge in [-0.3, -0.25) is 4.90 Å². The smallest absolute Gasteiger partial charge is 0.143 e. The lowest BCUT2D eigenvalue weighted by atomic mass is 10.1. The van der Waals surface area contributed by atoms with Gasteiger partial charge < -0.3 is 4.90 Å². The van der Waals surface area contributed by atoms with Crippen LogP contribution in [0.15, 0.2) is 18.2 Å². The highest BCUT2D eigenvalue weighted by atomic mass is 35.5. The van der Waals surface area contributed by atoms with E-state index in [0.717, 1.165) is 31.9 Å². The van der Waals surface area contributed by atoms with Gasteiger partial charge in [0, 0.05) is 44.3 Å². The maximum absolute atomic E-state index is 13.7. The maximum Gasteiger partial charge on any atom is 0.143 e. The lowest BCUT2D eigenvalue weighted by molar-refractivity contribution is 0.247. The molecule has 0 aliphatic carbocycles. The number of nitriles is 1. The highest BCUT2D eigenvalue weighted by Crippen LogP contribution is 2.25. The highest BCUT2D eigenvalue weighted by Gasteiger charge is 2.22. The molecule has 2 heterocycles. The number of rotatable bonds is 3. The van der Waals surface area contributed by atoms with Crippen LogP contribution in [0.4, 0.5) is 10.1 Å². The molecule has 0 bridgehead atoms.